The van der Waals surface area contributed by atoms with Gasteiger partial charge in [0, 0.05) is 30.3 Å². The van der Waals surface area contributed by atoms with Gasteiger partial charge in [-0.05, 0) is 47.9 Å². The van der Waals surface area contributed by atoms with Crippen LogP contribution < -0.4 is 4.74 Å². The first-order valence-corrected chi connectivity index (χ1v) is 9.42. The third-order valence-corrected chi connectivity index (χ3v) is 7.24. The van der Waals surface area contributed by atoms with Crippen molar-refractivity contribution in [3.05, 3.63) is 29.3 Å². The van der Waals surface area contributed by atoms with Crippen LogP contribution in [0.2, 0.25) is 0 Å². The summed E-state index contributed by atoms with van der Waals surface area (Å²) in [5.41, 5.74) is 2.48. The molecule has 5 atom stereocenters. The largest absolute Gasteiger partial charge is 0.497 e. The summed E-state index contributed by atoms with van der Waals surface area (Å²) in [6.45, 7) is 5.05. The summed E-state index contributed by atoms with van der Waals surface area (Å²) in [4.78, 5) is 14.9. The minimum Gasteiger partial charge on any atom is -0.497 e. The summed E-state index contributed by atoms with van der Waals surface area (Å²) in [5.74, 6) is 2.08. The highest BCUT2D eigenvalue weighted by atomic mass is 16.5. The number of methoxy groups -OCH3 is 1. The molecule has 4 nitrogen and oxygen atoms in total. The highest BCUT2D eigenvalue weighted by Crippen LogP contribution is 2.58. The third kappa shape index (κ3) is 2.14. The molecule has 3 aliphatic rings. The zero-order valence-corrected chi connectivity index (χ0v) is 15.3. The van der Waals surface area contributed by atoms with Crippen LogP contribution in [0.5, 0.6) is 5.75 Å². The normalized spacial score (nSPS) is 36.2. The smallest absolute Gasteiger partial charge is 0.179 e. The Morgan fingerprint density at radius 2 is 2.24 bits per heavy atom. The van der Waals surface area contributed by atoms with E-state index in [1.54, 1.807) is 7.11 Å². The van der Waals surface area contributed by atoms with Gasteiger partial charge in [-0.15, -0.1) is 0 Å². The number of hydrogen-bond acceptors (Lipinski definition) is 4. The Bertz CT molecular complexity index is 753. The molecule has 2 unspecified atom stereocenters. The number of ether oxygens (including phenoxy) is 1. The highest BCUT2D eigenvalue weighted by Gasteiger charge is 2.60. The van der Waals surface area contributed by atoms with Crippen LogP contribution in [0.25, 0.3) is 0 Å². The number of nitriles is 1. The Hall–Kier alpha value is -2.02. The average Bonchev–Trinajstić information content (AvgIpc) is 2.62. The van der Waals surface area contributed by atoms with E-state index in [1.165, 1.54) is 11.1 Å². The fourth-order valence-corrected chi connectivity index (χ4v) is 6.07. The van der Waals surface area contributed by atoms with E-state index >= 15 is 0 Å². The lowest BCUT2D eigenvalue weighted by molar-refractivity contribution is -0.137. The topological polar surface area (TPSA) is 53.3 Å². The summed E-state index contributed by atoms with van der Waals surface area (Å²) < 4.78 is 5.49. The number of piperidine rings is 1. The lowest BCUT2D eigenvalue weighted by Gasteiger charge is -2.61. The molecule has 4 rings (SSSR count). The van der Waals surface area contributed by atoms with Crippen LogP contribution in [-0.2, 0) is 16.6 Å². The molecule has 1 saturated heterocycles. The van der Waals surface area contributed by atoms with Crippen LogP contribution in [-0.4, -0.2) is 30.4 Å². The molecule has 1 aromatic rings. The Morgan fingerprint density at radius 3 is 2.92 bits per heavy atom. The third-order valence-electron chi connectivity index (χ3n) is 7.24. The van der Waals surface area contributed by atoms with Gasteiger partial charge < -0.3 is 9.64 Å². The van der Waals surface area contributed by atoms with Crippen LogP contribution in [0, 0.1) is 29.2 Å². The molecule has 0 N–H and O–H groups in total. The summed E-state index contributed by atoms with van der Waals surface area (Å²) in [5, 5.41) is 9.69. The first-order valence-electron chi connectivity index (χ1n) is 9.42. The van der Waals surface area contributed by atoms with Gasteiger partial charge in [-0.25, -0.2) is 0 Å². The Balaban J connectivity index is 1.93. The number of Topliss-reactive ketones (excluding diaryl/α,β-unsaturated/α-hetero) is 1. The molecule has 1 aromatic carbocycles. The van der Waals surface area contributed by atoms with Crippen molar-refractivity contribution in [2.45, 2.75) is 51.0 Å². The first kappa shape index (κ1) is 16.4. The van der Waals surface area contributed by atoms with Gasteiger partial charge in [-0.3, -0.25) is 4.79 Å². The van der Waals surface area contributed by atoms with Gasteiger partial charge in [-0.1, -0.05) is 26.3 Å². The molecule has 1 saturated carbocycles. The van der Waals surface area contributed by atoms with Gasteiger partial charge in [0.05, 0.1) is 7.11 Å². The molecule has 132 valence electrons. The van der Waals surface area contributed by atoms with E-state index in [0.717, 1.165) is 31.6 Å². The minimum atomic E-state index is -0.121. The van der Waals surface area contributed by atoms with Gasteiger partial charge in [-0.2, -0.15) is 5.26 Å². The van der Waals surface area contributed by atoms with Gasteiger partial charge in [0.1, 0.15) is 11.5 Å². The summed E-state index contributed by atoms with van der Waals surface area (Å²) in [6, 6.07) is 6.53. The van der Waals surface area contributed by atoms with Crippen molar-refractivity contribution >= 4 is 5.78 Å². The van der Waals surface area contributed by atoms with Crippen molar-refractivity contribution in [2.24, 2.45) is 17.8 Å². The second-order valence-electron chi connectivity index (χ2n) is 8.02. The van der Waals surface area contributed by atoms with Crippen molar-refractivity contribution in [2.75, 3.05) is 13.7 Å². The van der Waals surface area contributed by atoms with Gasteiger partial charge in [0.25, 0.3) is 0 Å². The zero-order chi connectivity index (χ0) is 17.8. The molecule has 4 heteroatoms. The van der Waals surface area contributed by atoms with Crippen LogP contribution in [0.3, 0.4) is 0 Å². The molecule has 2 aliphatic carbocycles. The summed E-state index contributed by atoms with van der Waals surface area (Å²) in [6.07, 6.45) is 5.83. The number of fused-ring (bicyclic) bond motifs is 1. The van der Waals surface area contributed by atoms with E-state index in [1.807, 2.05) is 11.0 Å². The maximum atomic E-state index is 12.9. The number of benzene rings is 1. The first-order chi connectivity index (χ1) is 12.1. The van der Waals surface area contributed by atoms with Crippen LogP contribution in [0.15, 0.2) is 18.2 Å². The molecule has 0 amide bonds. The number of carbonyl (C=O) groups excluding carboxylic acids is 1. The van der Waals surface area contributed by atoms with E-state index in [-0.39, 0.29) is 17.4 Å². The number of likely N-dealkylation sites (tertiary alicyclic amines) is 1. The van der Waals surface area contributed by atoms with Crippen molar-refractivity contribution < 1.29 is 9.53 Å². The quantitative estimate of drug-likeness (QED) is 0.777. The Labute approximate surface area is 149 Å². The molecule has 0 spiro atoms. The van der Waals surface area contributed by atoms with Crippen molar-refractivity contribution in [1.29, 1.82) is 5.26 Å². The number of hydrogen-bond donors (Lipinski definition) is 0. The number of rotatable bonds is 2. The molecule has 0 radical (unpaired) electrons. The van der Waals surface area contributed by atoms with Gasteiger partial charge in [0.15, 0.2) is 6.19 Å². The molecule has 25 heavy (non-hydrogen) atoms. The molecule has 1 heterocycles. The van der Waals surface area contributed by atoms with E-state index < -0.39 is 0 Å². The van der Waals surface area contributed by atoms with Crippen LogP contribution in [0.4, 0.5) is 0 Å². The Kier molecular flexibility index (Phi) is 3.79. The number of nitrogens with zero attached hydrogens (tertiary/aromatic N) is 2. The second kappa shape index (κ2) is 5.76. The van der Waals surface area contributed by atoms with E-state index in [2.05, 4.69) is 32.2 Å². The predicted molar refractivity (Wildman–Crippen MR) is 95.2 cm³/mol. The van der Waals surface area contributed by atoms with Gasteiger partial charge in [0.2, 0.25) is 0 Å². The van der Waals surface area contributed by atoms with E-state index in [4.69, 9.17) is 4.74 Å². The monoisotopic (exact) mass is 338 g/mol. The maximum absolute atomic E-state index is 12.9. The standard InChI is InChI=1S/C21H26N2O2/c1-4-16-13(2)19(24)11-21-7-8-23(12-22)18(20(16)21)9-14-5-6-15(25-3)10-17(14)21/h5-6,10,13,16,18,20H,4,7-9,11H2,1-3H3/t13?,16?,18-,20+,21-/m1/s1. The molecule has 2 fully saturated rings. The minimum absolute atomic E-state index is 0.0939. The van der Waals surface area contributed by atoms with Crippen LogP contribution in [0.1, 0.15) is 44.2 Å². The molecular weight excluding hydrogens is 312 g/mol. The maximum Gasteiger partial charge on any atom is 0.179 e. The van der Waals surface area contributed by atoms with Crippen molar-refractivity contribution in [1.82, 2.24) is 4.90 Å². The lowest BCUT2D eigenvalue weighted by atomic mass is 9.47. The highest BCUT2D eigenvalue weighted by molar-refractivity contribution is 5.84. The number of ketones is 1. The zero-order valence-electron chi connectivity index (χ0n) is 15.3. The Morgan fingerprint density at radius 1 is 1.44 bits per heavy atom. The molecular formula is C21H26N2O2. The van der Waals surface area contributed by atoms with E-state index in [9.17, 15) is 10.1 Å². The van der Waals surface area contributed by atoms with Crippen molar-refractivity contribution in [3.8, 4) is 11.9 Å². The summed E-state index contributed by atoms with van der Waals surface area (Å²) >= 11 is 0. The van der Waals surface area contributed by atoms with E-state index in [0.29, 0.717) is 24.0 Å². The summed E-state index contributed by atoms with van der Waals surface area (Å²) in [7, 11) is 1.70. The SMILES string of the molecule is CCC1C(C)C(=O)C[C@]23CCN(C#N)[C@H](Cc4ccc(OC)cc42)[C@H]13. The van der Waals surface area contributed by atoms with Gasteiger partial charge >= 0.3 is 0 Å². The predicted octanol–water partition coefficient (Wildman–Crippen LogP) is 3.30. The fourth-order valence-electron chi connectivity index (χ4n) is 6.07. The van der Waals surface area contributed by atoms with Crippen molar-refractivity contribution in [3.63, 3.8) is 0 Å². The average molecular weight is 338 g/mol. The molecule has 0 aromatic heterocycles. The number of carbonyl (C=O) groups is 1. The second-order valence-corrected chi connectivity index (χ2v) is 8.02. The fraction of sp³-hybridized carbons (Fsp3) is 0.619. The lowest BCUT2D eigenvalue weighted by Crippen LogP contribution is -2.64. The molecule has 2 bridgehead atoms. The molecule has 1 aliphatic heterocycles. The van der Waals surface area contributed by atoms with Crippen LogP contribution >= 0.6 is 0 Å².